The van der Waals surface area contributed by atoms with Gasteiger partial charge in [0.2, 0.25) is 0 Å². The summed E-state index contributed by atoms with van der Waals surface area (Å²) in [5.74, 6) is 0.736. The second-order valence-corrected chi connectivity index (χ2v) is 8.10. The molecule has 0 spiro atoms. The van der Waals surface area contributed by atoms with E-state index < -0.39 is 0 Å². The number of thiophene rings is 1. The number of nitrogens with one attached hydrogen (secondary N) is 1. The van der Waals surface area contributed by atoms with Gasteiger partial charge in [-0.3, -0.25) is 4.90 Å². The molecule has 2 saturated heterocycles. The minimum Gasteiger partial charge on any atom is -0.393 e. The van der Waals surface area contributed by atoms with E-state index in [2.05, 4.69) is 40.5 Å². The Kier molecular flexibility index (Phi) is 4.67. The number of fused-ring (bicyclic) bond motifs is 1. The Labute approximate surface area is 142 Å². The normalized spacial score (nSPS) is 23.3. The molecule has 1 aromatic heterocycles. The van der Waals surface area contributed by atoms with Crippen LogP contribution < -0.4 is 5.32 Å². The molecular formula is C19H26N2OS. The summed E-state index contributed by atoms with van der Waals surface area (Å²) in [4.78, 5) is 4.17. The molecule has 0 saturated carbocycles. The SMILES string of the molecule is OC1CCN(C(c2cc3ccccc3s2)C2CCNCC2)CC1. The van der Waals surface area contributed by atoms with Crippen molar-refractivity contribution in [3.8, 4) is 0 Å². The number of aliphatic hydroxyl groups excluding tert-OH is 1. The maximum absolute atomic E-state index is 9.87. The molecule has 4 rings (SSSR count). The topological polar surface area (TPSA) is 35.5 Å². The molecule has 1 atom stereocenters. The van der Waals surface area contributed by atoms with Gasteiger partial charge >= 0.3 is 0 Å². The van der Waals surface area contributed by atoms with Crippen LogP contribution in [0.3, 0.4) is 0 Å². The van der Waals surface area contributed by atoms with E-state index in [-0.39, 0.29) is 6.10 Å². The van der Waals surface area contributed by atoms with Crippen LogP contribution in [-0.4, -0.2) is 42.3 Å². The molecule has 2 aliphatic heterocycles. The zero-order chi connectivity index (χ0) is 15.6. The fraction of sp³-hybridized carbons (Fsp3) is 0.579. The largest absolute Gasteiger partial charge is 0.393 e. The molecule has 0 aliphatic carbocycles. The fourth-order valence-electron chi connectivity index (χ4n) is 4.18. The van der Waals surface area contributed by atoms with Crippen LogP contribution in [0.2, 0.25) is 0 Å². The summed E-state index contributed by atoms with van der Waals surface area (Å²) in [5.41, 5.74) is 0. The molecule has 0 amide bonds. The Morgan fingerprint density at radius 2 is 1.83 bits per heavy atom. The van der Waals surface area contributed by atoms with Crippen LogP contribution in [-0.2, 0) is 0 Å². The molecule has 0 bridgehead atoms. The molecule has 2 N–H and O–H groups in total. The van der Waals surface area contributed by atoms with Crippen LogP contribution in [0.5, 0.6) is 0 Å². The number of rotatable bonds is 3. The van der Waals surface area contributed by atoms with Gasteiger partial charge in [-0.2, -0.15) is 0 Å². The van der Waals surface area contributed by atoms with Gasteiger partial charge in [-0.05, 0) is 62.2 Å². The van der Waals surface area contributed by atoms with Gasteiger partial charge in [0.1, 0.15) is 0 Å². The number of benzene rings is 1. The van der Waals surface area contributed by atoms with Crippen LogP contribution >= 0.6 is 11.3 Å². The minimum absolute atomic E-state index is 0.0951. The standard InChI is InChI=1S/C19H26N2OS/c22-16-7-11-21(12-8-16)19(14-5-9-20-10-6-14)18-13-15-3-1-2-4-17(15)23-18/h1-4,13-14,16,19-20,22H,5-12H2. The van der Waals surface area contributed by atoms with Crippen molar-refractivity contribution < 1.29 is 5.11 Å². The van der Waals surface area contributed by atoms with Crippen molar-refractivity contribution in [2.45, 2.75) is 37.8 Å². The van der Waals surface area contributed by atoms with E-state index in [1.165, 1.54) is 27.8 Å². The van der Waals surface area contributed by atoms with Gasteiger partial charge in [0.05, 0.1) is 6.10 Å². The van der Waals surface area contributed by atoms with E-state index in [9.17, 15) is 5.11 Å². The first-order chi connectivity index (χ1) is 11.3. The highest BCUT2D eigenvalue weighted by atomic mass is 32.1. The highest BCUT2D eigenvalue weighted by Crippen LogP contribution is 2.41. The van der Waals surface area contributed by atoms with E-state index in [1.54, 1.807) is 0 Å². The van der Waals surface area contributed by atoms with Crippen molar-refractivity contribution >= 4 is 21.4 Å². The molecule has 2 aromatic rings. The first kappa shape index (κ1) is 15.6. The summed E-state index contributed by atoms with van der Waals surface area (Å²) in [6.07, 6.45) is 4.27. The molecule has 3 nitrogen and oxygen atoms in total. The smallest absolute Gasteiger partial charge is 0.0564 e. The zero-order valence-corrected chi connectivity index (χ0v) is 14.4. The van der Waals surface area contributed by atoms with Crippen LogP contribution in [0.15, 0.2) is 30.3 Å². The Balaban J connectivity index is 1.65. The number of nitrogens with zero attached hydrogens (tertiary/aromatic N) is 1. The summed E-state index contributed by atoms with van der Waals surface area (Å²) >= 11 is 1.97. The molecule has 3 heterocycles. The van der Waals surface area contributed by atoms with Crippen LogP contribution in [0.25, 0.3) is 10.1 Å². The average Bonchev–Trinajstić information content (AvgIpc) is 3.01. The monoisotopic (exact) mass is 330 g/mol. The van der Waals surface area contributed by atoms with Crippen LogP contribution in [0, 0.1) is 5.92 Å². The predicted octanol–water partition coefficient (Wildman–Crippen LogP) is 3.40. The maximum atomic E-state index is 9.87. The van der Waals surface area contributed by atoms with Crippen molar-refractivity contribution in [2.24, 2.45) is 5.92 Å². The molecule has 23 heavy (non-hydrogen) atoms. The van der Waals surface area contributed by atoms with Gasteiger partial charge in [0.25, 0.3) is 0 Å². The molecule has 124 valence electrons. The van der Waals surface area contributed by atoms with Gasteiger partial charge in [-0.25, -0.2) is 0 Å². The van der Waals surface area contributed by atoms with Crippen molar-refractivity contribution in [1.29, 1.82) is 0 Å². The quantitative estimate of drug-likeness (QED) is 0.905. The van der Waals surface area contributed by atoms with Crippen molar-refractivity contribution in [3.05, 3.63) is 35.2 Å². The lowest BCUT2D eigenvalue weighted by atomic mass is 9.87. The fourth-order valence-corrected chi connectivity index (χ4v) is 5.48. The average molecular weight is 330 g/mol. The van der Waals surface area contributed by atoms with E-state index in [0.29, 0.717) is 6.04 Å². The molecule has 2 fully saturated rings. The van der Waals surface area contributed by atoms with Gasteiger partial charge in [-0.15, -0.1) is 11.3 Å². The second kappa shape index (κ2) is 6.89. The van der Waals surface area contributed by atoms with E-state index >= 15 is 0 Å². The van der Waals surface area contributed by atoms with E-state index in [0.717, 1.165) is 44.9 Å². The van der Waals surface area contributed by atoms with Gasteiger partial charge < -0.3 is 10.4 Å². The highest BCUT2D eigenvalue weighted by Gasteiger charge is 2.33. The number of aliphatic hydroxyl groups is 1. The third-order valence-electron chi connectivity index (χ3n) is 5.46. The third-order valence-corrected chi connectivity index (χ3v) is 6.65. The van der Waals surface area contributed by atoms with Crippen molar-refractivity contribution in [3.63, 3.8) is 0 Å². The first-order valence-corrected chi connectivity index (χ1v) is 9.74. The number of piperidine rings is 2. The molecule has 0 radical (unpaired) electrons. The molecule has 1 aromatic carbocycles. The van der Waals surface area contributed by atoms with Crippen LogP contribution in [0.4, 0.5) is 0 Å². The summed E-state index contributed by atoms with van der Waals surface area (Å²) in [5, 5.41) is 14.8. The van der Waals surface area contributed by atoms with Gasteiger partial charge in [0, 0.05) is 28.7 Å². The zero-order valence-electron chi connectivity index (χ0n) is 13.6. The van der Waals surface area contributed by atoms with Gasteiger partial charge in [0.15, 0.2) is 0 Å². The molecular weight excluding hydrogens is 304 g/mol. The van der Waals surface area contributed by atoms with Crippen LogP contribution in [0.1, 0.15) is 36.6 Å². The molecule has 4 heteroatoms. The lowest BCUT2D eigenvalue weighted by Gasteiger charge is -2.41. The summed E-state index contributed by atoms with van der Waals surface area (Å²) in [7, 11) is 0. The summed E-state index contributed by atoms with van der Waals surface area (Å²) in [6, 6.07) is 11.7. The lowest BCUT2D eigenvalue weighted by Crippen LogP contribution is -2.43. The summed E-state index contributed by atoms with van der Waals surface area (Å²) < 4.78 is 1.40. The Bertz CT molecular complexity index is 609. The molecule has 1 unspecified atom stereocenters. The highest BCUT2D eigenvalue weighted by molar-refractivity contribution is 7.19. The first-order valence-electron chi connectivity index (χ1n) is 8.92. The van der Waals surface area contributed by atoms with Gasteiger partial charge in [-0.1, -0.05) is 18.2 Å². The van der Waals surface area contributed by atoms with Crippen molar-refractivity contribution in [2.75, 3.05) is 26.2 Å². The maximum Gasteiger partial charge on any atom is 0.0564 e. The Hall–Kier alpha value is -0.940. The minimum atomic E-state index is -0.0951. The predicted molar refractivity (Wildman–Crippen MR) is 97.0 cm³/mol. The van der Waals surface area contributed by atoms with E-state index in [1.807, 2.05) is 11.3 Å². The summed E-state index contributed by atoms with van der Waals surface area (Å²) in [6.45, 7) is 4.35. The third kappa shape index (κ3) is 3.31. The second-order valence-electron chi connectivity index (χ2n) is 6.99. The lowest BCUT2D eigenvalue weighted by molar-refractivity contribution is 0.0384. The number of hydrogen-bond donors (Lipinski definition) is 2. The molecule has 2 aliphatic rings. The Morgan fingerprint density at radius 1 is 1.09 bits per heavy atom. The van der Waals surface area contributed by atoms with Crippen molar-refractivity contribution in [1.82, 2.24) is 10.2 Å². The number of likely N-dealkylation sites (tertiary alicyclic amines) is 1. The number of hydrogen-bond acceptors (Lipinski definition) is 4. The Morgan fingerprint density at radius 3 is 2.57 bits per heavy atom. The van der Waals surface area contributed by atoms with E-state index in [4.69, 9.17) is 0 Å².